The molecule has 0 radical (unpaired) electrons. The molecule has 0 spiro atoms. The minimum Gasteiger partial charge on any atom is -0.290 e. The van der Waals surface area contributed by atoms with E-state index in [1.165, 1.54) is 0 Å². The number of nitrogens with two attached hydrogens (primary N) is 1. The lowest BCUT2D eigenvalue weighted by molar-refractivity contribution is 0.0846. The fourth-order valence-corrected chi connectivity index (χ4v) is 3.35. The van der Waals surface area contributed by atoms with Gasteiger partial charge in [0.1, 0.15) is 0 Å². The molecule has 0 heterocycles. The average molecular weight is 545 g/mol. The molecule has 4 rings (SSSR count). The molecule has 200 valence electrons. The Morgan fingerprint density at radius 3 is 1.33 bits per heavy atom. The van der Waals surface area contributed by atoms with Crippen molar-refractivity contribution in [3.63, 3.8) is 0 Å². The number of aryl methyl sites for hydroxylation is 2. The summed E-state index contributed by atoms with van der Waals surface area (Å²) in [6.07, 6.45) is 0. The summed E-state index contributed by atoms with van der Waals surface area (Å²) < 4.78 is 0. The summed E-state index contributed by atoms with van der Waals surface area (Å²) in [6.45, 7) is 3.70. The Labute approximate surface area is 232 Å². The maximum Gasteiger partial charge on any atom is 0.269 e. The van der Waals surface area contributed by atoms with Crippen LogP contribution in [0.5, 0.6) is 0 Å². The van der Waals surface area contributed by atoms with Crippen molar-refractivity contribution in [2.75, 3.05) is 0 Å². The number of amides is 3. The Morgan fingerprint density at radius 1 is 0.538 bits per heavy atom. The molecular formula is C30H29ClN4O4. The first-order valence-electron chi connectivity index (χ1n) is 11.8. The molecule has 9 heteroatoms. The number of carbonyl (C=O) groups excluding carboxylic acids is 4. The van der Waals surface area contributed by atoms with Crippen LogP contribution in [0.4, 0.5) is 0 Å². The van der Waals surface area contributed by atoms with Crippen LogP contribution in [0, 0.1) is 13.8 Å². The van der Waals surface area contributed by atoms with Crippen LogP contribution in [-0.2, 0) is 0 Å². The Morgan fingerprint density at radius 2 is 0.923 bits per heavy atom. The van der Waals surface area contributed by atoms with Crippen molar-refractivity contribution >= 4 is 34.6 Å². The Balaban J connectivity index is 0.000000225. The van der Waals surface area contributed by atoms with Crippen molar-refractivity contribution in [1.82, 2.24) is 16.3 Å². The van der Waals surface area contributed by atoms with E-state index in [1.807, 2.05) is 55.7 Å². The van der Waals surface area contributed by atoms with Gasteiger partial charge < -0.3 is 0 Å². The second-order valence-electron chi connectivity index (χ2n) is 8.02. The van der Waals surface area contributed by atoms with E-state index >= 15 is 0 Å². The summed E-state index contributed by atoms with van der Waals surface area (Å²) in [5, 5.41) is -0.391. The monoisotopic (exact) mass is 544 g/mol. The van der Waals surface area contributed by atoms with Crippen LogP contribution in [0.3, 0.4) is 0 Å². The Hall–Kier alpha value is -4.79. The molecule has 8 nitrogen and oxygen atoms in total. The van der Waals surface area contributed by atoms with Gasteiger partial charge in [0.25, 0.3) is 23.0 Å². The van der Waals surface area contributed by atoms with Gasteiger partial charge in [-0.15, -0.1) is 0 Å². The molecular weight excluding hydrogens is 516 g/mol. The van der Waals surface area contributed by atoms with Gasteiger partial charge in [-0.3, -0.25) is 35.5 Å². The number of hydrogen-bond donors (Lipinski definition) is 4. The van der Waals surface area contributed by atoms with Crippen molar-refractivity contribution in [1.29, 1.82) is 0 Å². The normalized spacial score (nSPS) is 9.44. The first kappa shape index (κ1) is 30.4. The molecule has 3 amide bonds. The third-order valence-electron chi connectivity index (χ3n) is 5.24. The summed E-state index contributed by atoms with van der Waals surface area (Å²) >= 11 is 5.27. The van der Waals surface area contributed by atoms with Gasteiger partial charge >= 0.3 is 0 Å². The lowest BCUT2D eigenvalue weighted by Crippen LogP contribution is -2.41. The van der Waals surface area contributed by atoms with E-state index in [1.54, 1.807) is 72.8 Å². The molecule has 0 bridgehead atoms. The van der Waals surface area contributed by atoms with E-state index < -0.39 is 5.24 Å². The van der Waals surface area contributed by atoms with Gasteiger partial charge in [-0.2, -0.15) is 0 Å². The maximum absolute atomic E-state index is 11.9. The fourth-order valence-electron chi connectivity index (χ4n) is 3.14. The largest absolute Gasteiger partial charge is 0.290 e. The SMILES string of the molecule is Cc1ccccc1C(=O)Cl.Cc1ccccc1C(=O)NNC(=O)c1ccccc1.NNC(=O)c1ccccc1. The Bertz CT molecular complexity index is 1400. The first-order chi connectivity index (χ1) is 18.7. The molecule has 0 aromatic heterocycles. The summed E-state index contributed by atoms with van der Waals surface area (Å²) in [4.78, 5) is 45.0. The highest BCUT2D eigenvalue weighted by atomic mass is 35.5. The second kappa shape index (κ2) is 16.1. The van der Waals surface area contributed by atoms with Gasteiger partial charge in [0.05, 0.1) is 0 Å². The lowest BCUT2D eigenvalue weighted by Gasteiger charge is -2.08. The molecule has 5 N–H and O–H groups in total. The predicted octanol–water partition coefficient (Wildman–Crippen LogP) is 4.73. The Kier molecular flexibility index (Phi) is 12.6. The topological polar surface area (TPSA) is 130 Å². The zero-order valence-electron chi connectivity index (χ0n) is 21.5. The number of nitrogens with one attached hydrogen (secondary N) is 3. The zero-order valence-corrected chi connectivity index (χ0v) is 22.2. The lowest BCUT2D eigenvalue weighted by atomic mass is 10.1. The van der Waals surface area contributed by atoms with Crippen LogP contribution in [0.2, 0.25) is 0 Å². The van der Waals surface area contributed by atoms with E-state index in [-0.39, 0.29) is 17.7 Å². The van der Waals surface area contributed by atoms with E-state index in [0.717, 1.165) is 11.1 Å². The molecule has 0 aliphatic heterocycles. The maximum atomic E-state index is 11.9. The summed E-state index contributed by atoms with van der Waals surface area (Å²) in [5.41, 5.74) is 10.8. The minimum atomic E-state index is -0.391. The molecule has 4 aromatic carbocycles. The van der Waals surface area contributed by atoms with Gasteiger partial charge in [0.15, 0.2) is 0 Å². The number of hydrogen-bond acceptors (Lipinski definition) is 5. The number of halogens is 1. The van der Waals surface area contributed by atoms with Gasteiger partial charge in [-0.25, -0.2) is 5.84 Å². The third-order valence-corrected chi connectivity index (χ3v) is 5.44. The predicted molar refractivity (Wildman–Crippen MR) is 152 cm³/mol. The van der Waals surface area contributed by atoms with Gasteiger partial charge in [-0.1, -0.05) is 72.8 Å². The number of carbonyl (C=O) groups is 4. The van der Waals surface area contributed by atoms with Crippen molar-refractivity contribution in [3.8, 4) is 0 Å². The summed E-state index contributed by atoms with van der Waals surface area (Å²) in [7, 11) is 0. The minimum absolute atomic E-state index is 0.263. The van der Waals surface area contributed by atoms with E-state index in [4.69, 9.17) is 17.4 Å². The van der Waals surface area contributed by atoms with Gasteiger partial charge in [0.2, 0.25) is 0 Å². The smallest absolute Gasteiger partial charge is 0.269 e. The third kappa shape index (κ3) is 10.2. The van der Waals surface area contributed by atoms with Crippen molar-refractivity contribution in [3.05, 3.63) is 143 Å². The second-order valence-corrected chi connectivity index (χ2v) is 8.36. The summed E-state index contributed by atoms with van der Waals surface area (Å²) in [5.74, 6) is 3.97. The first-order valence-corrected chi connectivity index (χ1v) is 12.1. The van der Waals surface area contributed by atoms with Crippen molar-refractivity contribution in [2.45, 2.75) is 13.8 Å². The quantitative estimate of drug-likeness (QED) is 0.128. The molecule has 0 saturated carbocycles. The number of rotatable bonds is 4. The fraction of sp³-hybridized carbons (Fsp3) is 0.0667. The highest BCUT2D eigenvalue weighted by Crippen LogP contribution is 2.09. The number of benzene rings is 4. The van der Waals surface area contributed by atoms with Gasteiger partial charge in [0, 0.05) is 22.3 Å². The number of nitrogen functional groups attached to an aromatic ring is 1. The standard InChI is InChI=1S/C15H14N2O2.C8H7ClO.C7H8N2O/c1-11-7-5-6-10-13(11)15(19)17-16-14(18)12-8-3-2-4-9-12;1-6-4-2-3-5-7(6)8(9)10;8-9-7(10)6-4-2-1-3-5-6/h2-10H,1H3,(H,16,18)(H,17,19);2-5H,1H3;1-5H,8H2,(H,9,10). The van der Waals surface area contributed by atoms with Crippen LogP contribution < -0.4 is 22.1 Å². The molecule has 39 heavy (non-hydrogen) atoms. The van der Waals surface area contributed by atoms with Gasteiger partial charge in [-0.05, 0) is 73.0 Å². The summed E-state index contributed by atoms with van der Waals surface area (Å²) in [6, 6.07) is 31.9. The molecule has 0 atom stereocenters. The van der Waals surface area contributed by atoms with Crippen molar-refractivity contribution in [2.24, 2.45) is 5.84 Å². The van der Waals surface area contributed by atoms with Crippen LogP contribution in [0.15, 0.2) is 109 Å². The zero-order chi connectivity index (χ0) is 28.6. The highest BCUT2D eigenvalue weighted by Gasteiger charge is 2.10. The van der Waals surface area contributed by atoms with Crippen LogP contribution in [-0.4, -0.2) is 23.0 Å². The van der Waals surface area contributed by atoms with Crippen LogP contribution >= 0.6 is 11.6 Å². The van der Waals surface area contributed by atoms with E-state index in [2.05, 4.69) is 10.9 Å². The molecule has 0 aliphatic carbocycles. The van der Waals surface area contributed by atoms with Crippen LogP contribution in [0.1, 0.15) is 52.6 Å². The van der Waals surface area contributed by atoms with E-state index in [0.29, 0.717) is 22.3 Å². The van der Waals surface area contributed by atoms with Crippen molar-refractivity contribution < 1.29 is 19.2 Å². The molecule has 0 saturated heterocycles. The average Bonchev–Trinajstić information content (AvgIpc) is 2.97. The molecule has 0 unspecified atom stereocenters. The highest BCUT2D eigenvalue weighted by molar-refractivity contribution is 6.67. The molecule has 0 aliphatic rings. The van der Waals surface area contributed by atoms with E-state index in [9.17, 15) is 19.2 Å². The van der Waals surface area contributed by atoms with Crippen LogP contribution in [0.25, 0.3) is 0 Å². The number of hydrazine groups is 2. The molecule has 0 fully saturated rings. The molecule has 4 aromatic rings.